The Kier molecular flexibility index (Phi) is 1.12. The maximum atomic E-state index is 3.17. The molecule has 0 aliphatic rings. The van der Waals surface area contributed by atoms with Crippen molar-refractivity contribution in [3.63, 3.8) is 0 Å². The van der Waals surface area contributed by atoms with Crippen molar-refractivity contribution in [2.45, 2.75) is 13.8 Å². The van der Waals surface area contributed by atoms with E-state index in [2.05, 4.69) is 16.8 Å². The Hall–Kier alpha value is -0.720. The van der Waals surface area contributed by atoms with Gasteiger partial charge in [0, 0.05) is 25.0 Å². The molecule has 0 aromatic carbocycles. The molecule has 1 heteroatoms. The van der Waals surface area contributed by atoms with E-state index in [1.807, 2.05) is 20.9 Å². The van der Waals surface area contributed by atoms with Crippen LogP contribution in [0.3, 0.4) is 0 Å². The van der Waals surface area contributed by atoms with Gasteiger partial charge in [0.05, 0.1) is 0 Å². The molecule has 1 heterocycles. The standard InChI is InChI=1S/C7H10N/c1-6-4-7(2)8(3)5-6/h5H,1-3H3. The van der Waals surface area contributed by atoms with Crippen molar-refractivity contribution in [2.24, 2.45) is 7.05 Å². The summed E-state index contributed by atoms with van der Waals surface area (Å²) in [4.78, 5) is 0. The summed E-state index contributed by atoms with van der Waals surface area (Å²) in [5, 5.41) is 0. The van der Waals surface area contributed by atoms with Crippen molar-refractivity contribution in [2.75, 3.05) is 0 Å². The van der Waals surface area contributed by atoms with E-state index in [0.717, 1.165) is 0 Å². The summed E-state index contributed by atoms with van der Waals surface area (Å²) >= 11 is 0. The van der Waals surface area contributed by atoms with E-state index in [0.29, 0.717) is 0 Å². The number of hydrogen-bond donors (Lipinski definition) is 0. The molecule has 1 rings (SSSR count). The van der Waals surface area contributed by atoms with Crippen LogP contribution in [0.25, 0.3) is 0 Å². The number of nitrogens with zero attached hydrogens (tertiary/aromatic N) is 1. The third kappa shape index (κ3) is 0.760. The van der Waals surface area contributed by atoms with E-state index in [9.17, 15) is 0 Å². The minimum Gasteiger partial charge on any atom is -0.354 e. The first-order valence-electron chi connectivity index (χ1n) is 2.72. The smallest absolute Gasteiger partial charge is 0.0222 e. The van der Waals surface area contributed by atoms with Gasteiger partial charge in [-0.2, -0.15) is 0 Å². The molecule has 0 saturated heterocycles. The van der Waals surface area contributed by atoms with Crippen molar-refractivity contribution in [3.8, 4) is 0 Å². The topological polar surface area (TPSA) is 4.93 Å². The van der Waals surface area contributed by atoms with E-state index >= 15 is 0 Å². The second-order valence-electron chi connectivity index (χ2n) is 2.13. The highest BCUT2D eigenvalue weighted by Crippen LogP contribution is 2.00. The lowest BCUT2D eigenvalue weighted by molar-refractivity contribution is 0.880. The van der Waals surface area contributed by atoms with Crippen LogP contribution >= 0.6 is 0 Å². The van der Waals surface area contributed by atoms with Crippen LogP contribution in [-0.2, 0) is 7.05 Å². The van der Waals surface area contributed by atoms with E-state index in [-0.39, 0.29) is 0 Å². The first-order chi connectivity index (χ1) is 3.70. The molecule has 0 amide bonds. The van der Waals surface area contributed by atoms with Gasteiger partial charge < -0.3 is 4.57 Å². The fraction of sp³-hybridized carbons (Fsp3) is 0.429. The summed E-state index contributed by atoms with van der Waals surface area (Å²) in [6.07, 6.45) is 2.06. The van der Waals surface area contributed by atoms with Gasteiger partial charge in [0.2, 0.25) is 0 Å². The fourth-order valence-corrected chi connectivity index (χ4v) is 0.793. The molecule has 0 unspecified atom stereocenters. The van der Waals surface area contributed by atoms with Crippen molar-refractivity contribution in [3.05, 3.63) is 23.5 Å². The molecule has 1 nitrogen and oxygen atoms in total. The van der Waals surface area contributed by atoms with Crippen molar-refractivity contribution in [1.29, 1.82) is 0 Å². The van der Waals surface area contributed by atoms with Crippen molar-refractivity contribution >= 4 is 0 Å². The molecule has 0 aliphatic heterocycles. The average Bonchev–Trinajstić information content (AvgIpc) is 1.85. The number of hydrogen-bond acceptors (Lipinski definition) is 0. The Balaban J connectivity index is 3.14. The van der Waals surface area contributed by atoms with Gasteiger partial charge in [-0.25, -0.2) is 0 Å². The van der Waals surface area contributed by atoms with Crippen molar-refractivity contribution < 1.29 is 0 Å². The quantitative estimate of drug-likeness (QED) is 0.474. The molecule has 0 N–H and O–H groups in total. The molecular formula is C7H10N. The van der Waals surface area contributed by atoms with Crippen LogP contribution in [-0.4, -0.2) is 4.57 Å². The predicted octanol–water partition coefficient (Wildman–Crippen LogP) is 1.44. The highest BCUT2D eigenvalue weighted by Gasteiger charge is 1.90. The fourth-order valence-electron chi connectivity index (χ4n) is 0.793. The Bertz CT molecular complexity index is 167. The molecule has 0 fully saturated rings. The number of aromatic nitrogens is 1. The molecule has 0 aliphatic carbocycles. The second kappa shape index (κ2) is 1.66. The van der Waals surface area contributed by atoms with Gasteiger partial charge >= 0.3 is 0 Å². The maximum absolute atomic E-state index is 3.17. The van der Waals surface area contributed by atoms with E-state index < -0.39 is 0 Å². The number of rotatable bonds is 0. The van der Waals surface area contributed by atoms with Crippen LogP contribution < -0.4 is 0 Å². The monoisotopic (exact) mass is 108 g/mol. The highest BCUT2D eigenvalue weighted by atomic mass is 14.9. The van der Waals surface area contributed by atoms with Gasteiger partial charge in [-0.05, 0) is 19.4 Å². The van der Waals surface area contributed by atoms with Gasteiger partial charge in [-0.1, -0.05) is 0 Å². The minimum atomic E-state index is 1.20. The largest absolute Gasteiger partial charge is 0.354 e. The molecule has 1 radical (unpaired) electrons. The lowest BCUT2D eigenvalue weighted by Crippen LogP contribution is -1.85. The molecule has 0 bridgehead atoms. The van der Waals surface area contributed by atoms with Crippen molar-refractivity contribution in [1.82, 2.24) is 4.57 Å². The lowest BCUT2D eigenvalue weighted by Gasteiger charge is -1.89. The van der Waals surface area contributed by atoms with E-state index in [1.54, 1.807) is 0 Å². The maximum Gasteiger partial charge on any atom is 0.0222 e. The number of aryl methyl sites for hydroxylation is 3. The summed E-state index contributed by atoms with van der Waals surface area (Å²) in [6, 6.07) is 3.17. The van der Waals surface area contributed by atoms with Gasteiger partial charge in [0.25, 0.3) is 0 Å². The Morgan fingerprint density at radius 2 is 2.12 bits per heavy atom. The minimum absolute atomic E-state index is 1.20. The molecule has 0 spiro atoms. The van der Waals surface area contributed by atoms with E-state index in [1.165, 1.54) is 11.3 Å². The van der Waals surface area contributed by atoms with Gasteiger partial charge in [0.1, 0.15) is 0 Å². The van der Waals surface area contributed by atoms with E-state index in [4.69, 9.17) is 0 Å². The summed E-state index contributed by atoms with van der Waals surface area (Å²) in [5.41, 5.74) is 2.41. The van der Waals surface area contributed by atoms with Gasteiger partial charge in [0.15, 0.2) is 0 Å². The van der Waals surface area contributed by atoms with Crippen LogP contribution in [0.1, 0.15) is 11.3 Å². The summed E-state index contributed by atoms with van der Waals surface area (Å²) in [6.45, 7) is 4.10. The lowest BCUT2D eigenvalue weighted by atomic mass is 10.4. The summed E-state index contributed by atoms with van der Waals surface area (Å²) in [7, 11) is 2.03. The van der Waals surface area contributed by atoms with Crippen LogP contribution in [0.4, 0.5) is 0 Å². The third-order valence-electron chi connectivity index (χ3n) is 1.29. The highest BCUT2D eigenvalue weighted by molar-refractivity contribution is 5.12. The Morgan fingerprint density at radius 1 is 1.50 bits per heavy atom. The molecule has 8 heavy (non-hydrogen) atoms. The molecule has 0 atom stereocenters. The zero-order valence-corrected chi connectivity index (χ0v) is 5.52. The first-order valence-corrected chi connectivity index (χ1v) is 2.72. The molecule has 43 valence electrons. The average molecular weight is 108 g/mol. The zero-order valence-electron chi connectivity index (χ0n) is 5.52. The molecule has 1 aromatic rings. The van der Waals surface area contributed by atoms with Crippen LogP contribution in [0.5, 0.6) is 0 Å². The SMILES string of the molecule is Cc1[c]c(C)n(C)c1. The van der Waals surface area contributed by atoms with Crippen LogP contribution in [0.15, 0.2) is 6.20 Å². The van der Waals surface area contributed by atoms with Crippen LogP contribution in [0, 0.1) is 19.9 Å². The molecule has 0 saturated carbocycles. The summed E-state index contributed by atoms with van der Waals surface area (Å²) in [5.74, 6) is 0. The Morgan fingerprint density at radius 3 is 2.25 bits per heavy atom. The first kappa shape index (κ1) is 5.42. The van der Waals surface area contributed by atoms with Gasteiger partial charge in [-0.15, -0.1) is 0 Å². The predicted molar refractivity (Wildman–Crippen MR) is 33.7 cm³/mol. The summed E-state index contributed by atoms with van der Waals surface area (Å²) < 4.78 is 2.06. The Labute approximate surface area is 49.9 Å². The normalized spacial score (nSPS) is 9.88. The second-order valence-corrected chi connectivity index (χ2v) is 2.13. The third-order valence-corrected chi connectivity index (χ3v) is 1.29. The zero-order chi connectivity index (χ0) is 6.15. The molecule has 1 aromatic heterocycles. The van der Waals surface area contributed by atoms with Gasteiger partial charge in [-0.3, -0.25) is 0 Å². The van der Waals surface area contributed by atoms with Crippen LogP contribution in [0.2, 0.25) is 0 Å². The molecular weight excluding hydrogens is 98.1 g/mol.